The molecule has 3 rings (SSSR count). The molecule has 1 aliphatic carbocycles. The molecular weight excluding hydrogens is 385 g/mol. The Morgan fingerprint density at radius 1 is 1.04 bits per heavy atom. The van der Waals surface area contributed by atoms with Crippen LogP contribution in [0.25, 0.3) is 0 Å². The van der Waals surface area contributed by atoms with Crippen LogP contribution in [0.2, 0.25) is 0 Å². The van der Waals surface area contributed by atoms with Gasteiger partial charge in [0.2, 0.25) is 6.41 Å². The minimum absolute atomic E-state index is 0.138. The standard InChI is InChI=1S/C20H22FNO5S/c21-16-5-7-17(8-6-16)27-18-9-11-19(12-10-18)28(25,26)13-15-3-1-2-4-20(15)22(24)14-23/h5-12,14-15,20,24H,1-4,13H2/t15-,20-/m1/s1. The minimum Gasteiger partial charge on any atom is -0.457 e. The van der Waals surface area contributed by atoms with Crippen LogP contribution in [0.4, 0.5) is 4.39 Å². The molecule has 0 radical (unpaired) electrons. The molecule has 2 aromatic rings. The summed E-state index contributed by atoms with van der Waals surface area (Å²) in [5.41, 5.74) is 0. The second kappa shape index (κ2) is 8.70. The third-order valence-corrected chi connectivity index (χ3v) is 6.84. The normalized spacial score (nSPS) is 19.8. The van der Waals surface area contributed by atoms with Crippen LogP contribution in [0.15, 0.2) is 53.4 Å². The van der Waals surface area contributed by atoms with Crippen molar-refractivity contribution in [1.82, 2.24) is 5.06 Å². The maximum absolute atomic E-state index is 12.9. The Bertz CT molecular complexity index is 899. The lowest BCUT2D eigenvalue weighted by molar-refractivity contribution is -0.167. The van der Waals surface area contributed by atoms with Crippen molar-refractivity contribution in [3.8, 4) is 11.5 Å². The van der Waals surface area contributed by atoms with Gasteiger partial charge in [-0.2, -0.15) is 0 Å². The molecule has 6 nitrogen and oxygen atoms in total. The molecule has 1 fully saturated rings. The Morgan fingerprint density at radius 2 is 1.61 bits per heavy atom. The number of amides is 1. The van der Waals surface area contributed by atoms with Crippen LogP contribution >= 0.6 is 0 Å². The number of hydrogen-bond donors (Lipinski definition) is 1. The average Bonchev–Trinajstić information content (AvgIpc) is 2.70. The van der Waals surface area contributed by atoms with Crippen LogP contribution in [-0.2, 0) is 14.6 Å². The number of carbonyl (C=O) groups excluding carboxylic acids is 1. The van der Waals surface area contributed by atoms with E-state index in [0.29, 0.717) is 35.8 Å². The van der Waals surface area contributed by atoms with Crippen LogP contribution in [-0.4, -0.2) is 36.9 Å². The van der Waals surface area contributed by atoms with E-state index in [1.807, 2.05) is 0 Å². The van der Waals surface area contributed by atoms with E-state index in [-0.39, 0.29) is 22.4 Å². The lowest BCUT2D eigenvalue weighted by Gasteiger charge is -2.34. The number of hydrogen-bond acceptors (Lipinski definition) is 5. The summed E-state index contributed by atoms with van der Waals surface area (Å²) in [5, 5.41) is 10.3. The molecule has 0 spiro atoms. The van der Waals surface area contributed by atoms with Gasteiger partial charge in [-0.1, -0.05) is 12.8 Å². The molecule has 0 heterocycles. The molecule has 1 amide bonds. The molecule has 0 bridgehead atoms. The van der Waals surface area contributed by atoms with Gasteiger partial charge in [-0.05, 0) is 67.3 Å². The van der Waals surface area contributed by atoms with Gasteiger partial charge in [0, 0.05) is 0 Å². The first kappa shape index (κ1) is 20.3. The number of benzene rings is 2. The van der Waals surface area contributed by atoms with Gasteiger partial charge in [-0.15, -0.1) is 0 Å². The van der Waals surface area contributed by atoms with Crippen molar-refractivity contribution in [3.05, 3.63) is 54.3 Å². The first-order chi connectivity index (χ1) is 13.4. The van der Waals surface area contributed by atoms with Crippen LogP contribution < -0.4 is 4.74 Å². The minimum atomic E-state index is -3.59. The van der Waals surface area contributed by atoms with Crippen LogP contribution in [0.5, 0.6) is 11.5 Å². The van der Waals surface area contributed by atoms with E-state index in [0.717, 1.165) is 12.8 Å². The van der Waals surface area contributed by atoms with E-state index >= 15 is 0 Å². The van der Waals surface area contributed by atoms with Gasteiger partial charge in [0.15, 0.2) is 9.84 Å². The lowest BCUT2D eigenvalue weighted by atomic mass is 9.86. The van der Waals surface area contributed by atoms with Crippen molar-refractivity contribution in [2.45, 2.75) is 36.6 Å². The zero-order chi connectivity index (χ0) is 20.1. The summed E-state index contributed by atoms with van der Waals surface area (Å²) in [7, 11) is -3.59. The number of ether oxygens (including phenoxy) is 1. The highest BCUT2D eigenvalue weighted by Gasteiger charge is 2.33. The molecule has 150 valence electrons. The quantitative estimate of drug-likeness (QED) is 0.429. The van der Waals surface area contributed by atoms with E-state index in [2.05, 4.69) is 0 Å². The van der Waals surface area contributed by atoms with Gasteiger partial charge < -0.3 is 4.74 Å². The van der Waals surface area contributed by atoms with E-state index in [4.69, 9.17) is 4.74 Å². The molecule has 0 unspecified atom stereocenters. The Hall–Kier alpha value is -2.45. The molecule has 2 atom stereocenters. The first-order valence-corrected chi connectivity index (χ1v) is 10.7. The zero-order valence-corrected chi connectivity index (χ0v) is 16.0. The molecule has 0 saturated heterocycles. The number of sulfone groups is 1. The van der Waals surface area contributed by atoms with Crippen molar-refractivity contribution < 1.29 is 27.5 Å². The lowest BCUT2D eigenvalue weighted by Crippen LogP contribution is -2.42. The third kappa shape index (κ3) is 4.88. The topological polar surface area (TPSA) is 83.9 Å². The fourth-order valence-electron chi connectivity index (χ4n) is 3.54. The van der Waals surface area contributed by atoms with Gasteiger partial charge in [0.25, 0.3) is 0 Å². The second-order valence-corrected chi connectivity index (χ2v) is 8.94. The predicted molar refractivity (Wildman–Crippen MR) is 100 cm³/mol. The Morgan fingerprint density at radius 3 is 2.21 bits per heavy atom. The van der Waals surface area contributed by atoms with Crippen molar-refractivity contribution in [2.75, 3.05) is 5.75 Å². The number of halogens is 1. The molecule has 28 heavy (non-hydrogen) atoms. The fourth-order valence-corrected chi connectivity index (χ4v) is 5.24. The summed E-state index contributed by atoms with van der Waals surface area (Å²) >= 11 is 0. The summed E-state index contributed by atoms with van der Waals surface area (Å²) in [6, 6.07) is 11.0. The highest BCUT2D eigenvalue weighted by Crippen LogP contribution is 2.31. The Kier molecular flexibility index (Phi) is 6.31. The largest absolute Gasteiger partial charge is 0.457 e. The van der Waals surface area contributed by atoms with Crippen LogP contribution in [0.3, 0.4) is 0 Å². The van der Waals surface area contributed by atoms with E-state index in [9.17, 15) is 22.8 Å². The fraction of sp³-hybridized carbons (Fsp3) is 0.350. The van der Waals surface area contributed by atoms with Gasteiger partial charge in [0.05, 0.1) is 16.7 Å². The highest BCUT2D eigenvalue weighted by molar-refractivity contribution is 7.91. The number of nitrogens with zero attached hydrogens (tertiary/aromatic N) is 1. The molecule has 0 aromatic heterocycles. The molecule has 2 aromatic carbocycles. The Labute approximate surface area is 163 Å². The number of carbonyl (C=O) groups is 1. The smallest absolute Gasteiger partial charge is 0.233 e. The average molecular weight is 407 g/mol. The van der Waals surface area contributed by atoms with Gasteiger partial charge >= 0.3 is 0 Å². The SMILES string of the molecule is O=CN(O)[C@@H]1CCCC[C@@H]1CS(=O)(=O)c1ccc(Oc2ccc(F)cc2)cc1. The van der Waals surface area contributed by atoms with Crippen molar-refractivity contribution in [3.63, 3.8) is 0 Å². The third-order valence-electron chi connectivity index (χ3n) is 4.98. The van der Waals surface area contributed by atoms with Gasteiger partial charge in [0.1, 0.15) is 17.3 Å². The zero-order valence-electron chi connectivity index (χ0n) is 15.2. The molecule has 1 saturated carbocycles. The molecular formula is C20H22FNO5S. The highest BCUT2D eigenvalue weighted by atomic mass is 32.2. The predicted octanol–water partition coefficient (Wildman–Crippen LogP) is 3.80. The summed E-state index contributed by atoms with van der Waals surface area (Å²) in [6.45, 7) is 0. The van der Waals surface area contributed by atoms with Crippen molar-refractivity contribution in [2.24, 2.45) is 5.92 Å². The number of hydroxylamine groups is 2. The van der Waals surface area contributed by atoms with E-state index in [1.54, 1.807) is 12.1 Å². The maximum Gasteiger partial charge on any atom is 0.233 e. The van der Waals surface area contributed by atoms with E-state index < -0.39 is 15.9 Å². The molecule has 8 heteroatoms. The molecule has 1 aliphatic rings. The summed E-state index contributed by atoms with van der Waals surface area (Å²) in [4.78, 5) is 11.0. The number of rotatable bonds is 7. The van der Waals surface area contributed by atoms with Crippen molar-refractivity contribution >= 4 is 16.2 Å². The molecule has 0 aliphatic heterocycles. The monoisotopic (exact) mass is 407 g/mol. The summed E-state index contributed by atoms with van der Waals surface area (Å²) < 4.78 is 44.1. The first-order valence-electron chi connectivity index (χ1n) is 9.08. The summed E-state index contributed by atoms with van der Waals surface area (Å²) in [6.07, 6.45) is 3.27. The van der Waals surface area contributed by atoms with Crippen LogP contribution in [0, 0.1) is 11.7 Å². The Balaban J connectivity index is 1.70. The van der Waals surface area contributed by atoms with Crippen LogP contribution in [0.1, 0.15) is 25.7 Å². The van der Waals surface area contributed by atoms with Gasteiger partial charge in [-0.25, -0.2) is 17.9 Å². The van der Waals surface area contributed by atoms with E-state index in [1.165, 1.54) is 36.4 Å². The second-order valence-electron chi connectivity index (χ2n) is 6.91. The van der Waals surface area contributed by atoms with Crippen molar-refractivity contribution in [1.29, 1.82) is 0 Å². The molecule has 1 N–H and O–H groups in total. The summed E-state index contributed by atoms with van der Waals surface area (Å²) in [5.74, 6) is 0.0539. The van der Waals surface area contributed by atoms with Gasteiger partial charge in [-0.3, -0.25) is 10.0 Å². The maximum atomic E-state index is 12.9.